The molecule has 1 rings (SSSR count). The number of nitrogens with zero attached hydrogens (tertiary/aromatic N) is 1. The van der Waals surface area contributed by atoms with Crippen molar-refractivity contribution in [2.24, 2.45) is 5.10 Å². The third-order valence-electron chi connectivity index (χ3n) is 2.19. The molecule has 1 aromatic carbocycles. The van der Waals surface area contributed by atoms with Crippen LogP contribution in [0.15, 0.2) is 35.4 Å². The monoisotopic (exact) mass is 204 g/mol. The molecule has 0 radical (unpaired) electrons. The molecule has 0 amide bonds. The third kappa shape index (κ3) is 5.89. The Morgan fingerprint density at radius 3 is 2.80 bits per heavy atom. The molecule has 2 nitrogen and oxygen atoms in total. The SMILES string of the molecule is CCCN/N=C/CCCc1ccccc1. The molecule has 0 saturated carbocycles. The van der Waals surface area contributed by atoms with Crippen LogP contribution in [0.1, 0.15) is 31.7 Å². The molecule has 0 aromatic heterocycles. The van der Waals surface area contributed by atoms with Crippen LogP contribution in [0.2, 0.25) is 0 Å². The van der Waals surface area contributed by atoms with Gasteiger partial charge in [0.05, 0.1) is 0 Å². The van der Waals surface area contributed by atoms with E-state index < -0.39 is 0 Å². The van der Waals surface area contributed by atoms with Gasteiger partial charge >= 0.3 is 0 Å². The number of hydrogen-bond donors (Lipinski definition) is 1. The molecule has 0 aliphatic heterocycles. The summed E-state index contributed by atoms with van der Waals surface area (Å²) < 4.78 is 0. The zero-order chi connectivity index (χ0) is 10.8. The lowest BCUT2D eigenvalue weighted by Crippen LogP contribution is -2.05. The molecule has 0 aliphatic rings. The van der Waals surface area contributed by atoms with Crippen molar-refractivity contribution in [3.05, 3.63) is 35.9 Å². The van der Waals surface area contributed by atoms with Gasteiger partial charge in [0.2, 0.25) is 0 Å². The van der Waals surface area contributed by atoms with Gasteiger partial charge in [0.15, 0.2) is 0 Å². The Kier molecular flexibility index (Phi) is 6.30. The maximum Gasteiger partial charge on any atom is 0.0326 e. The largest absolute Gasteiger partial charge is 0.310 e. The highest BCUT2D eigenvalue weighted by molar-refractivity contribution is 5.56. The highest BCUT2D eigenvalue weighted by Gasteiger charge is 1.89. The predicted octanol–water partition coefficient (Wildman–Crippen LogP) is 2.99. The first-order valence-electron chi connectivity index (χ1n) is 5.71. The number of benzene rings is 1. The predicted molar refractivity (Wildman–Crippen MR) is 66.2 cm³/mol. The molecule has 0 heterocycles. The number of rotatable bonds is 7. The summed E-state index contributed by atoms with van der Waals surface area (Å²) in [4.78, 5) is 0. The average Bonchev–Trinajstić information content (AvgIpc) is 2.29. The molecule has 82 valence electrons. The maximum absolute atomic E-state index is 4.12. The molecule has 0 saturated heterocycles. The number of unbranched alkanes of at least 4 members (excludes halogenated alkanes) is 1. The Labute approximate surface area is 92.4 Å². The van der Waals surface area contributed by atoms with E-state index in [2.05, 4.69) is 47.8 Å². The molecule has 0 unspecified atom stereocenters. The molecule has 0 spiro atoms. The van der Waals surface area contributed by atoms with Gasteiger partial charge in [-0.05, 0) is 31.2 Å². The van der Waals surface area contributed by atoms with Crippen molar-refractivity contribution in [3.63, 3.8) is 0 Å². The van der Waals surface area contributed by atoms with E-state index in [0.717, 1.165) is 25.8 Å². The van der Waals surface area contributed by atoms with Crippen molar-refractivity contribution in [2.45, 2.75) is 32.6 Å². The number of nitrogens with one attached hydrogen (secondary N) is 1. The van der Waals surface area contributed by atoms with Crippen LogP contribution >= 0.6 is 0 Å². The quantitative estimate of drug-likeness (QED) is 0.412. The minimum atomic E-state index is 0.967. The summed E-state index contributed by atoms with van der Waals surface area (Å²) in [6, 6.07) is 10.6. The summed E-state index contributed by atoms with van der Waals surface area (Å²) >= 11 is 0. The first-order valence-corrected chi connectivity index (χ1v) is 5.71. The lowest BCUT2D eigenvalue weighted by molar-refractivity contribution is 0.714. The lowest BCUT2D eigenvalue weighted by atomic mass is 10.1. The van der Waals surface area contributed by atoms with Gasteiger partial charge in [-0.2, -0.15) is 5.10 Å². The summed E-state index contributed by atoms with van der Waals surface area (Å²) in [7, 11) is 0. The number of hydrogen-bond acceptors (Lipinski definition) is 2. The van der Waals surface area contributed by atoms with Crippen molar-refractivity contribution in [1.82, 2.24) is 5.43 Å². The maximum atomic E-state index is 4.12. The Hall–Kier alpha value is -1.31. The first kappa shape index (κ1) is 11.8. The van der Waals surface area contributed by atoms with Crippen LogP contribution in [-0.2, 0) is 6.42 Å². The first-order chi connectivity index (χ1) is 7.43. The zero-order valence-electron chi connectivity index (χ0n) is 9.45. The molecule has 1 aromatic rings. The Morgan fingerprint density at radius 2 is 2.07 bits per heavy atom. The van der Waals surface area contributed by atoms with Crippen molar-refractivity contribution >= 4 is 6.21 Å². The van der Waals surface area contributed by atoms with Crippen LogP contribution in [0.25, 0.3) is 0 Å². The van der Waals surface area contributed by atoms with Gasteiger partial charge in [0, 0.05) is 12.8 Å². The van der Waals surface area contributed by atoms with Gasteiger partial charge in [0.1, 0.15) is 0 Å². The highest BCUT2D eigenvalue weighted by atomic mass is 15.3. The van der Waals surface area contributed by atoms with Crippen LogP contribution in [0, 0.1) is 0 Å². The van der Waals surface area contributed by atoms with Crippen molar-refractivity contribution in [2.75, 3.05) is 6.54 Å². The average molecular weight is 204 g/mol. The van der Waals surface area contributed by atoms with Gasteiger partial charge in [-0.15, -0.1) is 0 Å². The van der Waals surface area contributed by atoms with Crippen molar-refractivity contribution in [1.29, 1.82) is 0 Å². The van der Waals surface area contributed by atoms with Crippen molar-refractivity contribution < 1.29 is 0 Å². The molecular formula is C13H20N2. The summed E-state index contributed by atoms with van der Waals surface area (Å²) in [5.74, 6) is 0. The van der Waals surface area contributed by atoms with Crippen LogP contribution in [0.4, 0.5) is 0 Å². The fourth-order valence-corrected chi connectivity index (χ4v) is 1.35. The molecule has 0 bridgehead atoms. The molecule has 1 N–H and O–H groups in total. The van der Waals surface area contributed by atoms with E-state index >= 15 is 0 Å². The zero-order valence-corrected chi connectivity index (χ0v) is 9.45. The van der Waals surface area contributed by atoms with E-state index in [-0.39, 0.29) is 0 Å². The summed E-state index contributed by atoms with van der Waals surface area (Å²) in [6.07, 6.45) is 6.45. The fourth-order valence-electron chi connectivity index (χ4n) is 1.35. The summed E-state index contributed by atoms with van der Waals surface area (Å²) in [5, 5.41) is 4.12. The van der Waals surface area contributed by atoms with Crippen LogP contribution < -0.4 is 5.43 Å². The van der Waals surface area contributed by atoms with Gasteiger partial charge in [-0.1, -0.05) is 37.3 Å². The minimum Gasteiger partial charge on any atom is -0.310 e. The third-order valence-corrected chi connectivity index (χ3v) is 2.19. The molecule has 15 heavy (non-hydrogen) atoms. The Balaban J connectivity index is 2.04. The topological polar surface area (TPSA) is 24.4 Å². The Bertz CT molecular complexity index is 267. The van der Waals surface area contributed by atoms with E-state index in [1.54, 1.807) is 0 Å². The second-order valence-corrected chi connectivity index (χ2v) is 3.60. The summed E-state index contributed by atoms with van der Waals surface area (Å²) in [6.45, 7) is 3.10. The lowest BCUT2D eigenvalue weighted by Gasteiger charge is -1.98. The fraction of sp³-hybridized carbons (Fsp3) is 0.462. The molecule has 0 fully saturated rings. The molecule has 0 aliphatic carbocycles. The standard InChI is InChI=1S/C13H20N2/c1-2-11-14-15-12-7-6-10-13-8-4-3-5-9-13/h3-5,8-9,12,14H,2,6-7,10-11H2,1H3/b15-12+. The van der Waals surface area contributed by atoms with E-state index in [0.29, 0.717) is 0 Å². The second kappa shape index (κ2) is 8.04. The minimum absolute atomic E-state index is 0.967. The number of hydrazone groups is 1. The smallest absolute Gasteiger partial charge is 0.0326 e. The second-order valence-electron chi connectivity index (χ2n) is 3.60. The van der Waals surface area contributed by atoms with E-state index in [4.69, 9.17) is 0 Å². The van der Waals surface area contributed by atoms with Crippen LogP contribution in [0.5, 0.6) is 0 Å². The van der Waals surface area contributed by atoms with Crippen LogP contribution in [0.3, 0.4) is 0 Å². The van der Waals surface area contributed by atoms with Gasteiger partial charge in [0.25, 0.3) is 0 Å². The van der Waals surface area contributed by atoms with E-state index in [9.17, 15) is 0 Å². The Morgan fingerprint density at radius 1 is 1.27 bits per heavy atom. The van der Waals surface area contributed by atoms with E-state index in [1.165, 1.54) is 12.0 Å². The van der Waals surface area contributed by atoms with E-state index in [1.807, 2.05) is 6.21 Å². The van der Waals surface area contributed by atoms with Gasteiger partial charge in [-0.25, -0.2) is 0 Å². The summed E-state index contributed by atoms with van der Waals surface area (Å²) in [5.41, 5.74) is 4.41. The molecular weight excluding hydrogens is 184 g/mol. The highest BCUT2D eigenvalue weighted by Crippen LogP contribution is 2.03. The number of aryl methyl sites for hydroxylation is 1. The van der Waals surface area contributed by atoms with Gasteiger partial charge < -0.3 is 5.43 Å². The van der Waals surface area contributed by atoms with Crippen molar-refractivity contribution in [3.8, 4) is 0 Å². The molecule has 2 heteroatoms. The van der Waals surface area contributed by atoms with Crippen LogP contribution in [-0.4, -0.2) is 12.8 Å². The van der Waals surface area contributed by atoms with Gasteiger partial charge in [-0.3, -0.25) is 0 Å². The normalized spacial score (nSPS) is 10.7. The molecule has 0 atom stereocenters.